The Morgan fingerprint density at radius 1 is 1.23 bits per heavy atom. The molecule has 2 fully saturated rings. The molecule has 6 nitrogen and oxygen atoms in total. The van der Waals surface area contributed by atoms with Crippen molar-refractivity contribution in [3.05, 3.63) is 0 Å². The van der Waals surface area contributed by atoms with Crippen LogP contribution in [0.2, 0.25) is 0 Å². The Morgan fingerprint density at radius 2 is 1.86 bits per heavy atom. The first-order valence-electron chi connectivity index (χ1n) is 7.82. The molecule has 130 valence electrons. The number of likely N-dealkylation sites (tertiary alicyclic amines) is 1. The summed E-state index contributed by atoms with van der Waals surface area (Å²) in [4.78, 5) is 14.0. The van der Waals surface area contributed by atoms with E-state index in [-0.39, 0.29) is 29.5 Å². The second-order valence-corrected chi connectivity index (χ2v) is 8.69. The van der Waals surface area contributed by atoms with Crippen molar-refractivity contribution in [3.63, 3.8) is 0 Å². The summed E-state index contributed by atoms with van der Waals surface area (Å²) in [6.45, 7) is 5.39. The maximum Gasteiger partial charge on any atom is 0.222 e. The van der Waals surface area contributed by atoms with Crippen molar-refractivity contribution in [3.8, 4) is 0 Å². The molecule has 22 heavy (non-hydrogen) atoms. The number of rotatable bonds is 6. The third-order valence-corrected chi connectivity index (χ3v) is 6.61. The van der Waals surface area contributed by atoms with E-state index in [1.807, 2.05) is 4.90 Å². The second-order valence-electron chi connectivity index (χ2n) is 6.61. The van der Waals surface area contributed by atoms with Crippen LogP contribution in [0.25, 0.3) is 0 Å². The van der Waals surface area contributed by atoms with Gasteiger partial charge in [0, 0.05) is 32.6 Å². The maximum absolute atomic E-state index is 12.1. The van der Waals surface area contributed by atoms with Gasteiger partial charge in [-0.15, -0.1) is 12.4 Å². The zero-order chi connectivity index (χ0) is 15.5. The molecule has 0 bridgehead atoms. The highest BCUT2D eigenvalue weighted by Gasteiger charge is 2.34. The van der Waals surface area contributed by atoms with Crippen molar-refractivity contribution in [2.75, 3.05) is 38.5 Å². The van der Waals surface area contributed by atoms with Crippen LogP contribution >= 0.6 is 12.4 Å². The van der Waals surface area contributed by atoms with E-state index in [2.05, 4.69) is 6.92 Å². The quantitative estimate of drug-likeness (QED) is 0.766. The van der Waals surface area contributed by atoms with E-state index in [1.165, 1.54) is 0 Å². The third-order valence-electron chi connectivity index (χ3n) is 4.65. The highest BCUT2D eigenvalue weighted by molar-refractivity contribution is 7.89. The fraction of sp³-hybridized carbons (Fsp3) is 0.929. The summed E-state index contributed by atoms with van der Waals surface area (Å²) in [5.41, 5.74) is 5.76. The molecule has 8 heteroatoms. The normalized spacial score (nSPS) is 26.2. The van der Waals surface area contributed by atoms with Gasteiger partial charge in [-0.2, -0.15) is 0 Å². The number of carbonyl (C=O) groups excluding carboxylic acids is 1. The molecule has 0 saturated carbocycles. The van der Waals surface area contributed by atoms with Crippen LogP contribution in [0, 0.1) is 5.41 Å². The minimum atomic E-state index is -3.16. The Morgan fingerprint density at radius 3 is 2.41 bits per heavy atom. The number of carbonyl (C=O) groups is 1. The zero-order valence-corrected chi connectivity index (χ0v) is 14.9. The summed E-state index contributed by atoms with van der Waals surface area (Å²) in [5.74, 6) is 0.143. The molecule has 0 spiro atoms. The molecule has 2 N–H and O–H groups in total. The van der Waals surface area contributed by atoms with Gasteiger partial charge in [-0.25, -0.2) is 12.7 Å². The molecule has 2 heterocycles. The van der Waals surface area contributed by atoms with Gasteiger partial charge in [0.05, 0.1) is 5.75 Å². The number of hydrogen-bond donors (Lipinski definition) is 1. The van der Waals surface area contributed by atoms with Gasteiger partial charge in [-0.1, -0.05) is 6.92 Å². The summed E-state index contributed by atoms with van der Waals surface area (Å²) < 4.78 is 25.7. The van der Waals surface area contributed by atoms with Crippen LogP contribution < -0.4 is 5.73 Å². The molecule has 0 aromatic rings. The fourth-order valence-electron chi connectivity index (χ4n) is 3.06. The van der Waals surface area contributed by atoms with Crippen LogP contribution in [-0.4, -0.2) is 62.0 Å². The van der Waals surface area contributed by atoms with Crippen molar-refractivity contribution in [2.24, 2.45) is 11.1 Å². The highest BCUT2D eigenvalue weighted by Crippen LogP contribution is 2.29. The van der Waals surface area contributed by atoms with Crippen molar-refractivity contribution in [2.45, 2.75) is 39.0 Å². The summed E-state index contributed by atoms with van der Waals surface area (Å²) in [5, 5.41) is 0. The third kappa shape index (κ3) is 4.81. The van der Waals surface area contributed by atoms with Gasteiger partial charge < -0.3 is 10.6 Å². The lowest BCUT2D eigenvalue weighted by Crippen LogP contribution is -2.35. The molecule has 1 atom stereocenters. The van der Waals surface area contributed by atoms with Crippen molar-refractivity contribution < 1.29 is 13.2 Å². The van der Waals surface area contributed by atoms with E-state index in [1.54, 1.807) is 4.31 Å². The van der Waals surface area contributed by atoms with Crippen molar-refractivity contribution >= 4 is 28.3 Å². The number of hydrogen-bond acceptors (Lipinski definition) is 4. The minimum Gasteiger partial charge on any atom is -0.342 e. The molecule has 0 aromatic carbocycles. The van der Waals surface area contributed by atoms with Crippen LogP contribution in [0.3, 0.4) is 0 Å². The van der Waals surface area contributed by atoms with Gasteiger partial charge in [-0.05, 0) is 37.6 Å². The lowest BCUT2D eigenvalue weighted by Gasteiger charge is -2.22. The van der Waals surface area contributed by atoms with Crippen molar-refractivity contribution in [1.29, 1.82) is 0 Å². The molecule has 2 rings (SSSR count). The molecule has 2 aliphatic heterocycles. The number of nitrogens with two attached hydrogens (primary N) is 1. The Bertz CT molecular complexity index is 480. The monoisotopic (exact) mass is 353 g/mol. The zero-order valence-electron chi connectivity index (χ0n) is 13.3. The predicted molar refractivity (Wildman–Crippen MR) is 89.4 cm³/mol. The molecular weight excluding hydrogens is 326 g/mol. The second kappa shape index (κ2) is 7.95. The van der Waals surface area contributed by atoms with Gasteiger partial charge in [0.25, 0.3) is 0 Å². The van der Waals surface area contributed by atoms with Crippen LogP contribution in [0.5, 0.6) is 0 Å². The highest BCUT2D eigenvalue weighted by atomic mass is 35.5. The SMILES string of the molecule is CC1(CN)CCN(C(=O)CCCS(=O)(=O)N2CCCC2)C1.Cl. The van der Waals surface area contributed by atoms with E-state index < -0.39 is 10.0 Å². The van der Waals surface area contributed by atoms with Crippen LogP contribution in [-0.2, 0) is 14.8 Å². The lowest BCUT2D eigenvalue weighted by atomic mass is 9.90. The van der Waals surface area contributed by atoms with E-state index in [9.17, 15) is 13.2 Å². The molecule has 2 aliphatic rings. The Hall–Kier alpha value is -0.370. The summed E-state index contributed by atoms with van der Waals surface area (Å²) in [7, 11) is -3.16. The number of nitrogens with zero attached hydrogens (tertiary/aromatic N) is 2. The Kier molecular flexibility index (Phi) is 7.11. The molecule has 0 radical (unpaired) electrons. The van der Waals surface area contributed by atoms with Gasteiger partial charge in [0.15, 0.2) is 0 Å². The Balaban J connectivity index is 0.00000242. The molecule has 2 saturated heterocycles. The van der Waals surface area contributed by atoms with E-state index in [4.69, 9.17) is 5.73 Å². The van der Waals surface area contributed by atoms with E-state index in [0.717, 1.165) is 25.8 Å². The summed E-state index contributed by atoms with van der Waals surface area (Å²) in [6, 6.07) is 0. The van der Waals surface area contributed by atoms with Crippen LogP contribution in [0.1, 0.15) is 39.0 Å². The van der Waals surface area contributed by atoms with Gasteiger partial charge in [0.2, 0.25) is 15.9 Å². The van der Waals surface area contributed by atoms with Gasteiger partial charge in [0.1, 0.15) is 0 Å². The summed E-state index contributed by atoms with van der Waals surface area (Å²) >= 11 is 0. The van der Waals surface area contributed by atoms with E-state index >= 15 is 0 Å². The van der Waals surface area contributed by atoms with Gasteiger partial charge >= 0.3 is 0 Å². The summed E-state index contributed by atoms with van der Waals surface area (Å²) in [6.07, 6.45) is 3.55. The average molecular weight is 354 g/mol. The first kappa shape index (κ1) is 19.7. The number of amides is 1. The number of sulfonamides is 1. The average Bonchev–Trinajstić information content (AvgIpc) is 3.08. The maximum atomic E-state index is 12.1. The molecular formula is C14H28ClN3O3S. The van der Waals surface area contributed by atoms with Gasteiger partial charge in [-0.3, -0.25) is 4.79 Å². The molecule has 0 aliphatic carbocycles. The fourth-order valence-corrected chi connectivity index (χ4v) is 4.64. The van der Waals surface area contributed by atoms with Crippen molar-refractivity contribution in [1.82, 2.24) is 9.21 Å². The largest absolute Gasteiger partial charge is 0.342 e. The topological polar surface area (TPSA) is 83.7 Å². The molecule has 1 amide bonds. The van der Waals surface area contributed by atoms with Crippen LogP contribution in [0.4, 0.5) is 0 Å². The predicted octanol–water partition coefficient (Wildman–Crippen LogP) is 0.811. The Labute approximate surface area is 139 Å². The first-order valence-corrected chi connectivity index (χ1v) is 9.43. The smallest absolute Gasteiger partial charge is 0.222 e. The molecule has 0 aromatic heterocycles. The number of halogens is 1. The molecule has 1 unspecified atom stereocenters. The lowest BCUT2D eigenvalue weighted by molar-refractivity contribution is -0.130. The minimum absolute atomic E-state index is 0. The first-order chi connectivity index (χ1) is 9.86. The van der Waals surface area contributed by atoms with Crippen LogP contribution in [0.15, 0.2) is 0 Å². The van der Waals surface area contributed by atoms with E-state index in [0.29, 0.717) is 39.0 Å². The standard InChI is InChI=1S/C14H27N3O3S.ClH/c1-14(11-15)6-9-16(12-14)13(18)5-4-10-21(19,20)17-7-2-3-8-17;/h2-12,15H2,1H3;1H.